The van der Waals surface area contributed by atoms with Crippen LogP contribution in [0.4, 0.5) is 13.2 Å². The summed E-state index contributed by atoms with van der Waals surface area (Å²) in [6, 6.07) is 5.86. The van der Waals surface area contributed by atoms with Gasteiger partial charge in [0.15, 0.2) is 5.96 Å². The summed E-state index contributed by atoms with van der Waals surface area (Å²) < 4.78 is 40.3. The molecule has 1 aromatic heterocycles. The summed E-state index contributed by atoms with van der Waals surface area (Å²) in [4.78, 5) is 10.6. The van der Waals surface area contributed by atoms with Crippen molar-refractivity contribution in [2.24, 2.45) is 4.99 Å². The lowest BCUT2D eigenvalue weighted by molar-refractivity contribution is -0.274. The third kappa shape index (κ3) is 6.55. The van der Waals surface area contributed by atoms with Crippen LogP contribution >= 0.6 is 11.3 Å². The lowest BCUT2D eigenvalue weighted by Crippen LogP contribution is -2.39. The van der Waals surface area contributed by atoms with Gasteiger partial charge in [-0.25, -0.2) is 4.98 Å². The van der Waals surface area contributed by atoms with Crippen molar-refractivity contribution in [1.82, 2.24) is 15.2 Å². The Kier molecular flexibility index (Phi) is 6.84. The van der Waals surface area contributed by atoms with E-state index in [4.69, 9.17) is 0 Å². The summed E-state index contributed by atoms with van der Waals surface area (Å²) in [5, 5.41) is 6.28. The lowest BCUT2D eigenvalue weighted by atomic mass is 10.1. The summed E-state index contributed by atoms with van der Waals surface area (Å²) in [6.45, 7) is 3.21. The van der Waals surface area contributed by atoms with Gasteiger partial charge < -0.3 is 15.0 Å². The number of guanidine groups is 1. The first-order valence-corrected chi connectivity index (χ1v) is 8.82. The monoisotopic (exact) mass is 386 g/mol. The van der Waals surface area contributed by atoms with Crippen molar-refractivity contribution in [1.29, 1.82) is 0 Å². The van der Waals surface area contributed by atoms with Gasteiger partial charge in [0.25, 0.3) is 0 Å². The summed E-state index contributed by atoms with van der Waals surface area (Å²) >= 11 is 1.61. The number of aryl methyl sites for hydroxylation is 1. The number of aromatic nitrogens is 1. The van der Waals surface area contributed by atoms with Gasteiger partial charge in [0.05, 0.1) is 17.2 Å². The number of thiazole rings is 1. The molecule has 0 aliphatic carbocycles. The maximum absolute atomic E-state index is 12.2. The molecule has 9 heteroatoms. The highest BCUT2D eigenvalue weighted by molar-refractivity contribution is 7.09. The number of aliphatic imine (C=N–C) groups is 1. The Morgan fingerprint density at radius 3 is 2.54 bits per heavy atom. The van der Waals surface area contributed by atoms with E-state index in [0.717, 1.165) is 22.2 Å². The Hall–Kier alpha value is -2.29. The standard InChI is InChI=1S/C17H21F3N4OS/c1-12-23-14(11-26-12)10-24(3)16(21-2)22-9-8-13-4-6-15(7-5-13)25-17(18,19)20/h4-7,11H,8-10H2,1-3H3,(H,21,22). The molecule has 0 aliphatic rings. The Labute approximate surface area is 154 Å². The molecular formula is C17H21F3N4OS. The van der Waals surface area contributed by atoms with Crippen LogP contribution in [0, 0.1) is 6.92 Å². The molecule has 142 valence electrons. The van der Waals surface area contributed by atoms with Crippen molar-refractivity contribution in [3.63, 3.8) is 0 Å². The van der Waals surface area contributed by atoms with E-state index in [1.807, 2.05) is 24.3 Å². The van der Waals surface area contributed by atoms with E-state index in [-0.39, 0.29) is 5.75 Å². The predicted octanol–water partition coefficient (Wildman–Crippen LogP) is 3.60. The highest BCUT2D eigenvalue weighted by atomic mass is 32.1. The molecule has 0 saturated heterocycles. The maximum atomic E-state index is 12.2. The second-order valence-corrected chi connectivity index (χ2v) is 6.69. The van der Waals surface area contributed by atoms with Gasteiger partial charge in [-0.2, -0.15) is 0 Å². The molecule has 0 radical (unpaired) electrons. The number of hydrogen-bond acceptors (Lipinski definition) is 4. The molecule has 2 rings (SSSR count). The zero-order valence-electron chi connectivity index (χ0n) is 14.8. The SMILES string of the molecule is CN=C(NCCc1ccc(OC(F)(F)F)cc1)N(C)Cc1csc(C)n1. The van der Waals surface area contributed by atoms with Crippen LogP contribution in [0.5, 0.6) is 5.75 Å². The summed E-state index contributed by atoms with van der Waals surface area (Å²) in [5.74, 6) is 0.510. The lowest BCUT2D eigenvalue weighted by Gasteiger charge is -2.21. The minimum Gasteiger partial charge on any atom is -0.406 e. The van der Waals surface area contributed by atoms with Crippen LogP contribution in [0.1, 0.15) is 16.3 Å². The minimum atomic E-state index is -4.67. The average Bonchev–Trinajstić information content (AvgIpc) is 2.96. The molecule has 0 amide bonds. The largest absolute Gasteiger partial charge is 0.573 e. The van der Waals surface area contributed by atoms with Gasteiger partial charge in [-0.05, 0) is 31.0 Å². The van der Waals surface area contributed by atoms with Crippen molar-refractivity contribution in [2.75, 3.05) is 20.6 Å². The van der Waals surface area contributed by atoms with Crippen LogP contribution in [0.15, 0.2) is 34.6 Å². The molecule has 2 aromatic rings. The van der Waals surface area contributed by atoms with Crippen molar-refractivity contribution in [2.45, 2.75) is 26.3 Å². The van der Waals surface area contributed by atoms with Crippen LogP contribution in [-0.2, 0) is 13.0 Å². The zero-order valence-corrected chi connectivity index (χ0v) is 15.6. The van der Waals surface area contributed by atoms with Crippen LogP contribution in [-0.4, -0.2) is 42.8 Å². The number of hydrogen-bond donors (Lipinski definition) is 1. The molecule has 26 heavy (non-hydrogen) atoms. The topological polar surface area (TPSA) is 49.8 Å². The van der Waals surface area contributed by atoms with E-state index in [1.54, 1.807) is 30.5 Å². The molecule has 0 spiro atoms. The Morgan fingerprint density at radius 1 is 1.31 bits per heavy atom. The molecule has 0 bridgehead atoms. The first-order valence-electron chi connectivity index (χ1n) is 7.94. The van der Waals surface area contributed by atoms with Crippen molar-refractivity contribution < 1.29 is 17.9 Å². The molecule has 0 unspecified atom stereocenters. The van der Waals surface area contributed by atoms with E-state index in [9.17, 15) is 13.2 Å². The minimum absolute atomic E-state index is 0.219. The fraction of sp³-hybridized carbons (Fsp3) is 0.412. The van der Waals surface area contributed by atoms with E-state index >= 15 is 0 Å². The predicted molar refractivity (Wildman–Crippen MR) is 96.5 cm³/mol. The number of rotatable bonds is 6. The van der Waals surface area contributed by atoms with Gasteiger partial charge in [-0.3, -0.25) is 4.99 Å². The first-order chi connectivity index (χ1) is 12.3. The van der Waals surface area contributed by atoms with Crippen molar-refractivity contribution in [3.8, 4) is 5.75 Å². The second-order valence-electron chi connectivity index (χ2n) is 5.63. The maximum Gasteiger partial charge on any atom is 0.573 e. The van der Waals surface area contributed by atoms with Gasteiger partial charge >= 0.3 is 6.36 Å². The Balaban J connectivity index is 1.81. The van der Waals surface area contributed by atoms with E-state index in [1.165, 1.54) is 12.1 Å². The summed E-state index contributed by atoms with van der Waals surface area (Å²) in [6.07, 6.45) is -4.02. The zero-order chi connectivity index (χ0) is 19.2. The van der Waals surface area contributed by atoms with Crippen LogP contribution < -0.4 is 10.1 Å². The normalized spacial score (nSPS) is 12.2. The van der Waals surface area contributed by atoms with Crippen LogP contribution in [0.25, 0.3) is 0 Å². The third-order valence-electron chi connectivity index (χ3n) is 3.49. The van der Waals surface area contributed by atoms with Crippen molar-refractivity contribution >= 4 is 17.3 Å². The fourth-order valence-corrected chi connectivity index (χ4v) is 2.96. The molecule has 1 N–H and O–H groups in total. The molecule has 1 heterocycles. The quantitative estimate of drug-likeness (QED) is 0.609. The third-order valence-corrected chi connectivity index (χ3v) is 4.32. The van der Waals surface area contributed by atoms with E-state index < -0.39 is 6.36 Å². The first kappa shape index (κ1) is 20.0. The molecule has 1 aromatic carbocycles. The fourth-order valence-electron chi connectivity index (χ4n) is 2.36. The number of alkyl halides is 3. The number of ether oxygens (including phenoxy) is 1. The number of nitrogens with zero attached hydrogens (tertiary/aromatic N) is 3. The number of benzene rings is 1. The van der Waals surface area contributed by atoms with E-state index in [0.29, 0.717) is 19.5 Å². The number of nitrogens with one attached hydrogen (secondary N) is 1. The van der Waals surface area contributed by atoms with Gasteiger partial charge in [0.2, 0.25) is 0 Å². The Morgan fingerprint density at radius 2 is 2.00 bits per heavy atom. The average molecular weight is 386 g/mol. The van der Waals surface area contributed by atoms with Crippen LogP contribution in [0.2, 0.25) is 0 Å². The molecule has 0 fully saturated rings. The highest BCUT2D eigenvalue weighted by Gasteiger charge is 2.30. The highest BCUT2D eigenvalue weighted by Crippen LogP contribution is 2.22. The molecular weight excluding hydrogens is 365 g/mol. The Bertz CT molecular complexity index is 728. The molecule has 0 aliphatic heterocycles. The van der Waals surface area contributed by atoms with Crippen LogP contribution in [0.3, 0.4) is 0 Å². The number of halogens is 3. The molecule has 0 saturated carbocycles. The summed E-state index contributed by atoms with van der Waals surface area (Å²) in [7, 11) is 3.63. The van der Waals surface area contributed by atoms with Gasteiger partial charge in [-0.1, -0.05) is 12.1 Å². The van der Waals surface area contributed by atoms with E-state index in [2.05, 4.69) is 20.0 Å². The molecule has 0 atom stereocenters. The van der Waals surface area contributed by atoms with Gasteiger partial charge in [-0.15, -0.1) is 24.5 Å². The van der Waals surface area contributed by atoms with Gasteiger partial charge in [0, 0.05) is 26.0 Å². The second kappa shape index (κ2) is 8.88. The molecule has 5 nitrogen and oxygen atoms in total. The van der Waals surface area contributed by atoms with Gasteiger partial charge in [0.1, 0.15) is 5.75 Å². The van der Waals surface area contributed by atoms with Crippen molar-refractivity contribution in [3.05, 3.63) is 45.9 Å². The summed E-state index contributed by atoms with van der Waals surface area (Å²) in [5.41, 5.74) is 1.89. The smallest absolute Gasteiger partial charge is 0.406 e.